The number of rotatable bonds is 6. The molecule has 2 aromatic carbocycles. The van der Waals surface area contributed by atoms with Crippen LogP contribution < -0.4 is 10.6 Å². The fourth-order valence-electron chi connectivity index (χ4n) is 2.88. The minimum atomic E-state index is -0.703. The number of nitrogens with one attached hydrogen (secondary N) is 2. The van der Waals surface area contributed by atoms with E-state index in [1.54, 1.807) is 49.4 Å². The van der Waals surface area contributed by atoms with E-state index in [0.717, 1.165) is 17.3 Å². The molecule has 1 aliphatic heterocycles. The van der Waals surface area contributed by atoms with Gasteiger partial charge in [0.1, 0.15) is 0 Å². The topological polar surface area (TPSA) is 118 Å². The number of carbonyl (C=O) groups is 3. The maximum atomic E-state index is 12.5. The summed E-state index contributed by atoms with van der Waals surface area (Å²) in [5.74, 6) is -1.37. The Kier molecular flexibility index (Phi) is 5.74. The fourth-order valence-corrected chi connectivity index (χ4v) is 3.74. The normalized spacial score (nSPS) is 17.1. The number of para-hydroxylation sites is 1. The molecule has 1 saturated heterocycles. The Balaban J connectivity index is 1.65. The summed E-state index contributed by atoms with van der Waals surface area (Å²) in [7, 11) is 0. The van der Waals surface area contributed by atoms with Gasteiger partial charge in [-0.2, -0.15) is 0 Å². The smallest absolute Gasteiger partial charge is 0.286 e. The van der Waals surface area contributed by atoms with E-state index in [0.29, 0.717) is 17.7 Å². The van der Waals surface area contributed by atoms with Crippen molar-refractivity contribution in [2.45, 2.75) is 24.5 Å². The summed E-state index contributed by atoms with van der Waals surface area (Å²) < 4.78 is 0. The van der Waals surface area contributed by atoms with E-state index in [2.05, 4.69) is 10.6 Å². The highest BCUT2D eigenvalue weighted by atomic mass is 32.2. The monoisotopic (exact) mass is 399 g/mol. The van der Waals surface area contributed by atoms with Gasteiger partial charge in [-0.3, -0.25) is 29.8 Å². The van der Waals surface area contributed by atoms with Crippen molar-refractivity contribution < 1.29 is 19.3 Å². The molecule has 8 nitrogen and oxygen atoms in total. The number of carbonyl (C=O) groups excluding carboxylic acids is 3. The van der Waals surface area contributed by atoms with Crippen LogP contribution >= 0.6 is 11.8 Å². The van der Waals surface area contributed by atoms with Gasteiger partial charge in [-0.1, -0.05) is 42.1 Å². The molecule has 0 spiro atoms. The molecule has 1 fully saturated rings. The van der Waals surface area contributed by atoms with E-state index in [4.69, 9.17) is 0 Å². The number of thioether (sulfide) groups is 1. The molecule has 144 valence electrons. The van der Waals surface area contributed by atoms with Crippen LogP contribution in [0.5, 0.6) is 0 Å². The number of benzene rings is 2. The number of hydrogen-bond acceptors (Lipinski definition) is 6. The number of imide groups is 1. The Bertz CT molecular complexity index is 945. The van der Waals surface area contributed by atoms with Gasteiger partial charge >= 0.3 is 0 Å². The lowest BCUT2D eigenvalue weighted by Gasteiger charge is -2.13. The predicted molar refractivity (Wildman–Crippen MR) is 105 cm³/mol. The lowest BCUT2D eigenvalue weighted by molar-refractivity contribution is -0.385. The second-order valence-corrected chi connectivity index (χ2v) is 7.49. The van der Waals surface area contributed by atoms with E-state index in [1.807, 2.05) is 0 Å². The van der Waals surface area contributed by atoms with E-state index < -0.39 is 16.1 Å². The number of amides is 3. The number of nitro groups is 1. The van der Waals surface area contributed by atoms with Crippen molar-refractivity contribution in [1.82, 2.24) is 5.32 Å². The predicted octanol–water partition coefficient (Wildman–Crippen LogP) is 3.23. The van der Waals surface area contributed by atoms with Gasteiger partial charge in [0.15, 0.2) is 0 Å². The number of nitro benzene ring substituents is 1. The Morgan fingerprint density at radius 3 is 2.50 bits per heavy atom. The molecule has 0 bridgehead atoms. The molecule has 1 aliphatic rings. The summed E-state index contributed by atoms with van der Waals surface area (Å²) in [5, 5.41) is 15.3. The van der Waals surface area contributed by atoms with Crippen LogP contribution in [0, 0.1) is 10.1 Å². The molecule has 0 saturated carbocycles. The van der Waals surface area contributed by atoms with Crippen LogP contribution in [0.4, 0.5) is 16.2 Å². The van der Waals surface area contributed by atoms with Gasteiger partial charge in [0.2, 0.25) is 11.8 Å². The van der Waals surface area contributed by atoms with Gasteiger partial charge < -0.3 is 5.32 Å². The quantitative estimate of drug-likeness (QED) is 0.569. The van der Waals surface area contributed by atoms with Crippen molar-refractivity contribution in [3.8, 4) is 0 Å². The zero-order chi connectivity index (χ0) is 20.3. The summed E-state index contributed by atoms with van der Waals surface area (Å²) in [6.07, 6.45) is 0.406. The molecule has 2 aromatic rings. The Labute approximate surface area is 164 Å². The molecule has 2 N–H and O–H groups in total. The van der Waals surface area contributed by atoms with Gasteiger partial charge in [0.25, 0.3) is 10.9 Å². The Hall–Kier alpha value is -3.20. The highest BCUT2D eigenvalue weighted by molar-refractivity contribution is 8.15. The Morgan fingerprint density at radius 2 is 1.89 bits per heavy atom. The zero-order valence-corrected chi connectivity index (χ0v) is 15.7. The molecule has 0 aromatic heterocycles. The van der Waals surface area contributed by atoms with Gasteiger partial charge in [0.05, 0.1) is 16.1 Å². The summed E-state index contributed by atoms with van der Waals surface area (Å²) >= 11 is 0.964. The first-order valence-electron chi connectivity index (χ1n) is 8.49. The average Bonchev–Trinajstić information content (AvgIpc) is 2.99. The first kappa shape index (κ1) is 19.6. The number of anilines is 1. The molecule has 2 atom stereocenters. The van der Waals surface area contributed by atoms with Gasteiger partial charge in [0, 0.05) is 17.3 Å². The van der Waals surface area contributed by atoms with Crippen LogP contribution in [0.1, 0.15) is 24.0 Å². The van der Waals surface area contributed by atoms with Gasteiger partial charge in [-0.15, -0.1) is 0 Å². The minimum Gasteiger partial charge on any atom is -0.326 e. The van der Waals surface area contributed by atoms with Crippen molar-refractivity contribution in [1.29, 1.82) is 0 Å². The van der Waals surface area contributed by atoms with Crippen molar-refractivity contribution >= 4 is 40.2 Å². The van der Waals surface area contributed by atoms with Gasteiger partial charge in [-0.05, 0) is 31.0 Å². The van der Waals surface area contributed by atoms with Crippen LogP contribution in [0.3, 0.4) is 0 Å². The van der Waals surface area contributed by atoms with Crippen LogP contribution in [0.15, 0.2) is 48.5 Å². The summed E-state index contributed by atoms with van der Waals surface area (Å²) in [6.45, 7) is 1.61. The SMILES string of the molecule is CC(C(=O)Nc1ccc(CC2SC(=O)NC2=O)cc1)c1ccccc1[N+](=O)[O-]. The maximum absolute atomic E-state index is 12.5. The third-order valence-electron chi connectivity index (χ3n) is 4.40. The standard InChI is InChI=1S/C19H17N3O5S/c1-11(14-4-2-3-5-15(14)22(26)27)17(23)20-13-8-6-12(7-9-13)10-16-18(24)21-19(25)28-16/h2-9,11,16H,10H2,1H3,(H,20,23)(H,21,24,25). The van der Waals surface area contributed by atoms with Crippen molar-refractivity contribution in [2.24, 2.45) is 0 Å². The van der Waals surface area contributed by atoms with Crippen molar-refractivity contribution in [3.05, 3.63) is 69.8 Å². The first-order chi connectivity index (χ1) is 13.3. The van der Waals surface area contributed by atoms with Crippen molar-refractivity contribution in [3.63, 3.8) is 0 Å². The number of nitrogens with zero attached hydrogens (tertiary/aromatic N) is 1. The van der Waals surface area contributed by atoms with Crippen LogP contribution in [-0.2, 0) is 16.0 Å². The highest BCUT2D eigenvalue weighted by Crippen LogP contribution is 2.27. The molecule has 0 radical (unpaired) electrons. The molecular weight excluding hydrogens is 382 g/mol. The van der Waals surface area contributed by atoms with E-state index >= 15 is 0 Å². The molecule has 28 heavy (non-hydrogen) atoms. The third-order valence-corrected chi connectivity index (χ3v) is 5.38. The largest absolute Gasteiger partial charge is 0.326 e. The third kappa shape index (κ3) is 4.37. The molecule has 1 heterocycles. The maximum Gasteiger partial charge on any atom is 0.286 e. The minimum absolute atomic E-state index is 0.0950. The molecule has 3 rings (SSSR count). The van der Waals surface area contributed by atoms with E-state index in [1.165, 1.54) is 6.07 Å². The second-order valence-electron chi connectivity index (χ2n) is 6.31. The first-order valence-corrected chi connectivity index (χ1v) is 9.37. The summed E-state index contributed by atoms with van der Waals surface area (Å²) in [5.41, 5.74) is 1.64. The fraction of sp³-hybridized carbons (Fsp3) is 0.211. The lowest BCUT2D eigenvalue weighted by atomic mass is 9.98. The second kappa shape index (κ2) is 8.22. The lowest BCUT2D eigenvalue weighted by Crippen LogP contribution is -2.25. The number of hydrogen-bond donors (Lipinski definition) is 2. The Morgan fingerprint density at radius 1 is 1.21 bits per heavy atom. The van der Waals surface area contributed by atoms with Crippen LogP contribution in [-0.4, -0.2) is 27.2 Å². The van der Waals surface area contributed by atoms with Crippen molar-refractivity contribution in [2.75, 3.05) is 5.32 Å². The molecule has 3 amide bonds. The van der Waals surface area contributed by atoms with Crippen LogP contribution in [0.25, 0.3) is 0 Å². The van der Waals surface area contributed by atoms with Crippen LogP contribution in [0.2, 0.25) is 0 Å². The van der Waals surface area contributed by atoms with E-state index in [9.17, 15) is 24.5 Å². The molecule has 2 unspecified atom stereocenters. The summed E-state index contributed by atoms with van der Waals surface area (Å²) in [4.78, 5) is 46.0. The summed E-state index contributed by atoms with van der Waals surface area (Å²) in [6, 6.07) is 13.1. The zero-order valence-electron chi connectivity index (χ0n) is 14.9. The molecule has 9 heteroatoms. The molecular formula is C19H17N3O5S. The highest BCUT2D eigenvalue weighted by Gasteiger charge is 2.31. The molecule has 0 aliphatic carbocycles. The van der Waals surface area contributed by atoms with Gasteiger partial charge in [-0.25, -0.2) is 0 Å². The average molecular weight is 399 g/mol. The van der Waals surface area contributed by atoms with E-state index in [-0.39, 0.29) is 22.7 Å².